The maximum Gasteiger partial charge on any atom is 0.253 e. The van der Waals surface area contributed by atoms with Crippen molar-refractivity contribution in [2.75, 3.05) is 11.9 Å². The van der Waals surface area contributed by atoms with Gasteiger partial charge in [-0.3, -0.25) is 9.59 Å². The van der Waals surface area contributed by atoms with Crippen LogP contribution in [0.4, 0.5) is 5.69 Å². The van der Waals surface area contributed by atoms with Crippen LogP contribution in [0.1, 0.15) is 19.4 Å². The van der Waals surface area contributed by atoms with Crippen LogP contribution in [-0.2, 0) is 11.3 Å². The summed E-state index contributed by atoms with van der Waals surface area (Å²) in [5.74, 6) is 0.988. The lowest BCUT2D eigenvalue weighted by molar-refractivity contribution is -0.116. The monoisotopic (exact) mass is 314 g/mol. The van der Waals surface area contributed by atoms with Crippen LogP contribution in [0, 0.1) is 12.8 Å². The Kier molecular flexibility index (Phi) is 5.57. The molecule has 0 fully saturated rings. The number of aromatic nitrogens is 1. The molecule has 0 aliphatic rings. The van der Waals surface area contributed by atoms with Crippen LogP contribution >= 0.6 is 0 Å². The summed E-state index contributed by atoms with van der Waals surface area (Å²) >= 11 is 0. The van der Waals surface area contributed by atoms with Crippen molar-refractivity contribution in [3.8, 4) is 5.75 Å². The lowest BCUT2D eigenvalue weighted by Gasteiger charge is -2.10. The summed E-state index contributed by atoms with van der Waals surface area (Å²) < 4.78 is 6.99. The van der Waals surface area contributed by atoms with E-state index in [1.165, 1.54) is 4.57 Å². The highest BCUT2D eigenvalue weighted by Crippen LogP contribution is 2.16. The number of hydrogen-bond donors (Lipinski definition) is 1. The minimum absolute atomic E-state index is 0.00782. The third-order valence-electron chi connectivity index (χ3n) is 3.25. The smallest absolute Gasteiger partial charge is 0.253 e. The second kappa shape index (κ2) is 7.63. The van der Waals surface area contributed by atoms with Gasteiger partial charge in [0.25, 0.3) is 5.56 Å². The largest absolute Gasteiger partial charge is 0.493 e. The molecule has 0 bridgehead atoms. The molecule has 1 aromatic heterocycles. The van der Waals surface area contributed by atoms with Crippen molar-refractivity contribution in [3.05, 3.63) is 58.5 Å². The molecule has 2 rings (SSSR count). The number of pyridine rings is 1. The summed E-state index contributed by atoms with van der Waals surface area (Å²) in [6.07, 6.45) is 1.61. The van der Waals surface area contributed by atoms with Gasteiger partial charge >= 0.3 is 0 Å². The Morgan fingerprint density at radius 2 is 1.91 bits per heavy atom. The molecule has 0 atom stereocenters. The third-order valence-corrected chi connectivity index (χ3v) is 3.25. The van der Waals surface area contributed by atoms with E-state index in [-0.39, 0.29) is 18.0 Å². The minimum Gasteiger partial charge on any atom is -0.493 e. The van der Waals surface area contributed by atoms with Crippen LogP contribution in [0.25, 0.3) is 0 Å². The number of carbonyl (C=O) groups excluding carboxylic acids is 1. The van der Waals surface area contributed by atoms with Gasteiger partial charge in [0.1, 0.15) is 12.3 Å². The molecular formula is C18H22N2O3. The van der Waals surface area contributed by atoms with Crippen molar-refractivity contribution in [1.82, 2.24) is 4.57 Å². The Bertz CT molecular complexity index is 718. The lowest BCUT2D eigenvalue weighted by atomic mass is 10.2. The molecule has 1 amide bonds. The van der Waals surface area contributed by atoms with E-state index in [2.05, 4.69) is 19.2 Å². The molecule has 23 heavy (non-hydrogen) atoms. The van der Waals surface area contributed by atoms with Crippen molar-refractivity contribution < 1.29 is 9.53 Å². The topological polar surface area (TPSA) is 60.3 Å². The summed E-state index contributed by atoms with van der Waals surface area (Å²) in [4.78, 5) is 23.9. The zero-order valence-corrected chi connectivity index (χ0v) is 13.7. The Morgan fingerprint density at radius 3 is 2.57 bits per heavy atom. The van der Waals surface area contributed by atoms with Crippen molar-refractivity contribution >= 4 is 11.6 Å². The SMILES string of the molecule is Cc1cccn(CC(=O)Nc2ccc(OCC(C)C)cc2)c1=O. The van der Waals surface area contributed by atoms with Gasteiger partial charge in [0.05, 0.1) is 6.61 Å². The fraction of sp³-hybridized carbons (Fsp3) is 0.333. The molecule has 0 unspecified atom stereocenters. The number of hydrogen-bond acceptors (Lipinski definition) is 3. The van der Waals surface area contributed by atoms with Gasteiger partial charge in [0.15, 0.2) is 0 Å². The fourth-order valence-electron chi connectivity index (χ4n) is 2.03. The van der Waals surface area contributed by atoms with Crippen molar-refractivity contribution in [3.63, 3.8) is 0 Å². The van der Waals surface area contributed by atoms with E-state index in [1.54, 1.807) is 37.4 Å². The molecular weight excluding hydrogens is 292 g/mol. The highest BCUT2D eigenvalue weighted by atomic mass is 16.5. The van der Waals surface area contributed by atoms with Gasteiger partial charge in [-0.1, -0.05) is 19.9 Å². The summed E-state index contributed by atoms with van der Waals surface area (Å²) in [7, 11) is 0. The predicted octanol–water partition coefficient (Wildman–Crippen LogP) is 2.83. The first-order chi connectivity index (χ1) is 11.0. The highest BCUT2D eigenvalue weighted by molar-refractivity contribution is 5.90. The highest BCUT2D eigenvalue weighted by Gasteiger charge is 2.06. The Morgan fingerprint density at radius 1 is 1.22 bits per heavy atom. The van der Waals surface area contributed by atoms with Crippen molar-refractivity contribution in [2.45, 2.75) is 27.3 Å². The number of aryl methyl sites for hydroxylation is 1. The van der Waals surface area contributed by atoms with Crippen LogP contribution < -0.4 is 15.6 Å². The fourth-order valence-corrected chi connectivity index (χ4v) is 2.03. The zero-order valence-electron chi connectivity index (χ0n) is 13.7. The molecule has 1 N–H and O–H groups in total. The van der Waals surface area contributed by atoms with E-state index in [4.69, 9.17) is 4.74 Å². The van der Waals surface area contributed by atoms with E-state index >= 15 is 0 Å². The van der Waals surface area contributed by atoms with Crippen molar-refractivity contribution in [1.29, 1.82) is 0 Å². The van der Waals surface area contributed by atoms with E-state index < -0.39 is 0 Å². The molecule has 2 aromatic rings. The number of amides is 1. The molecule has 0 radical (unpaired) electrons. The predicted molar refractivity (Wildman–Crippen MR) is 90.8 cm³/mol. The van der Waals surface area contributed by atoms with Crippen LogP contribution in [0.15, 0.2) is 47.4 Å². The van der Waals surface area contributed by atoms with Crippen LogP contribution in [0.2, 0.25) is 0 Å². The van der Waals surface area contributed by atoms with Crippen LogP contribution in [0.5, 0.6) is 5.75 Å². The van der Waals surface area contributed by atoms with E-state index in [9.17, 15) is 9.59 Å². The Hall–Kier alpha value is -2.56. The summed E-state index contributed by atoms with van der Waals surface area (Å²) in [6, 6.07) is 10.7. The third kappa shape index (κ3) is 4.98. The molecule has 122 valence electrons. The summed E-state index contributed by atoms with van der Waals surface area (Å²) in [5, 5.41) is 2.77. The normalized spacial score (nSPS) is 10.6. The quantitative estimate of drug-likeness (QED) is 0.892. The standard InChI is InChI=1S/C18H22N2O3/c1-13(2)12-23-16-8-6-15(7-9-16)19-17(21)11-20-10-4-5-14(3)18(20)22/h4-10,13H,11-12H2,1-3H3,(H,19,21). The van der Waals surface area contributed by atoms with Gasteiger partial charge in [0, 0.05) is 17.4 Å². The molecule has 0 saturated heterocycles. The molecule has 0 aliphatic carbocycles. The lowest BCUT2D eigenvalue weighted by Crippen LogP contribution is -2.28. The number of anilines is 1. The number of rotatable bonds is 6. The first-order valence-corrected chi connectivity index (χ1v) is 7.64. The zero-order chi connectivity index (χ0) is 16.8. The number of benzene rings is 1. The molecule has 0 saturated carbocycles. The number of carbonyl (C=O) groups is 1. The van der Waals surface area contributed by atoms with Gasteiger partial charge < -0.3 is 14.6 Å². The molecule has 5 heteroatoms. The van der Waals surface area contributed by atoms with E-state index in [0.717, 1.165) is 5.75 Å². The second-order valence-corrected chi connectivity index (χ2v) is 5.90. The molecule has 0 spiro atoms. The van der Waals surface area contributed by atoms with Crippen LogP contribution in [-0.4, -0.2) is 17.1 Å². The molecule has 5 nitrogen and oxygen atoms in total. The minimum atomic E-state index is -0.242. The van der Waals surface area contributed by atoms with Gasteiger partial charge in [0.2, 0.25) is 5.91 Å². The second-order valence-electron chi connectivity index (χ2n) is 5.90. The first-order valence-electron chi connectivity index (χ1n) is 7.64. The maximum absolute atomic E-state index is 12.0. The van der Waals surface area contributed by atoms with Gasteiger partial charge in [-0.2, -0.15) is 0 Å². The van der Waals surface area contributed by atoms with Crippen molar-refractivity contribution in [2.24, 2.45) is 5.92 Å². The van der Waals surface area contributed by atoms with Gasteiger partial charge in [-0.25, -0.2) is 0 Å². The van der Waals surface area contributed by atoms with E-state index in [0.29, 0.717) is 23.8 Å². The van der Waals surface area contributed by atoms with E-state index in [1.807, 2.05) is 12.1 Å². The maximum atomic E-state index is 12.0. The first kappa shape index (κ1) is 16.8. The average molecular weight is 314 g/mol. The summed E-state index contributed by atoms with van der Waals surface area (Å²) in [6.45, 7) is 6.55. The Balaban J connectivity index is 1.95. The number of nitrogens with zero attached hydrogens (tertiary/aromatic N) is 1. The van der Waals surface area contributed by atoms with Gasteiger partial charge in [-0.05, 0) is 43.2 Å². The van der Waals surface area contributed by atoms with Crippen LogP contribution in [0.3, 0.4) is 0 Å². The molecule has 1 heterocycles. The average Bonchev–Trinajstić information content (AvgIpc) is 2.51. The number of ether oxygens (including phenoxy) is 1. The number of nitrogens with one attached hydrogen (secondary N) is 1. The summed E-state index contributed by atoms with van der Waals surface area (Å²) in [5.41, 5.74) is 1.14. The molecule has 0 aliphatic heterocycles. The molecule has 1 aromatic carbocycles. The van der Waals surface area contributed by atoms with Gasteiger partial charge in [-0.15, -0.1) is 0 Å². The Labute approximate surface area is 135 Å².